The van der Waals surface area contributed by atoms with Gasteiger partial charge in [0, 0.05) is 32.9 Å². The maximum absolute atomic E-state index is 2.70. The van der Waals surface area contributed by atoms with Crippen LogP contribution >= 0.6 is 0 Å². The van der Waals surface area contributed by atoms with Gasteiger partial charge in [0.25, 0.3) is 0 Å². The largest absolute Gasteiger partial charge is 0.309 e. The second-order valence-corrected chi connectivity index (χ2v) is 27.9. The summed E-state index contributed by atoms with van der Waals surface area (Å²) in [6, 6.07) is 114. The van der Waals surface area contributed by atoms with Gasteiger partial charge in [-0.1, -0.05) is 255 Å². The van der Waals surface area contributed by atoms with Gasteiger partial charge < -0.3 is 9.13 Å². The van der Waals surface area contributed by atoms with Gasteiger partial charge >= 0.3 is 0 Å². The number of rotatable bonds is 9. The summed E-state index contributed by atoms with van der Waals surface area (Å²) in [4.78, 5) is 0. The zero-order chi connectivity index (χ0) is 50.2. The molecule has 0 amide bonds. The Balaban J connectivity index is 0.883. The predicted molar refractivity (Wildman–Crippen MR) is 327 cm³/mol. The highest BCUT2D eigenvalue weighted by atomic mass is 28.3. The van der Waals surface area contributed by atoms with E-state index in [1.54, 1.807) is 0 Å². The number of aromatic nitrogens is 2. The van der Waals surface area contributed by atoms with Gasteiger partial charge in [-0.25, -0.2) is 0 Å². The van der Waals surface area contributed by atoms with Crippen molar-refractivity contribution in [3.8, 4) is 33.6 Å². The van der Waals surface area contributed by atoms with Crippen LogP contribution in [-0.2, 0) is 0 Å². The molecule has 2 aromatic heterocycles. The summed E-state index contributed by atoms with van der Waals surface area (Å²) >= 11 is 0. The third kappa shape index (κ3) is 6.51. The van der Waals surface area contributed by atoms with Crippen molar-refractivity contribution in [3.05, 3.63) is 303 Å². The molecule has 76 heavy (non-hydrogen) atoms. The number of fused-ring (bicyclic) bond motifs is 9. The average Bonchev–Trinajstić information content (AvgIpc) is 4.17. The van der Waals surface area contributed by atoms with Crippen molar-refractivity contribution in [2.24, 2.45) is 0 Å². The summed E-state index contributed by atoms with van der Waals surface area (Å²) < 4.78 is 4.95. The van der Waals surface area contributed by atoms with Crippen molar-refractivity contribution in [1.82, 2.24) is 9.13 Å². The summed E-state index contributed by atoms with van der Waals surface area (Å²) in [5.41, 5.74) is 12.2. The highest BCUT2D eigenvalue weighted by molar-refractivity contribution is 7.22. The van der Waals surface area contributed by atoms with Crippen LogP contribution in [-0.4, -0.2) is 25.3 Å². The number of para-hydroxylation sites is 2. The lowest BCUT2D eigenvalue weighted by atomic mass is 9.99. The van der Waals surface area contributed by atoms with Crippen molar-refractivity contribution < 1.29 is 0 Å². The molecule has 0 radical (unpaired) electrons. The van der Waals surface area contributed by atoms with Crippen molar-refractivity contribution in [1.29, 1.82) is 0 Å². The molecule has 0 bridgehead atoms. The van der Waals surface area contributed by atoms with E-state index in [4.69, 9.17) is 0 Å². The van der Waals surface area contributed by atoms with Gasteiger partial charge in [-0.15, -0.1) is 0 Å². The molecule has 0 saturated carbocycles. The minimum Gasteiger partial charge on any atom is -0.309 e. The SMILES string of the molecule is c1ccc([Si](c2ccccc2)(c2ccccc2)c2ccc(-n3c4ccccc4c4ccc(-n5c6ccccc6c6cc(-c7ccc8c(c7)[Si](c7ccccc7)(c7ccccc7)c7ccccc7-8)ccc65)cc43)cc2)cc1. The summed E-state index contributed by atoms with van der Waals surface area (Å²) in [5.74, 6) is 0. The molecular weight excluding hydrogens is 949 g/mol. The smallest absolute Gasteiger partial charge is 0.180 e. The molecule has 1 aliphatic rings. The first-order valence-electron chi connectivity index (χ1n) is 26.4. The van der Waals surface area contributed by atoms with Gasteiger partial charge in [-0.3, -0.25) is 0 Å². The second-order valence-electron chi connectivity index (χ2n) is 20.3. The van der Waals surface area contributed by atoms with Crippen LogP contribution in [0.15, 0.2) is 303 Å². The highest BCUT2D eigenvalue weighted by Crippen LogP contribution is 2.39. The van der Waals surface area contributed by atoms with E-state index in [-0.39, 0.29) is 0 Å². The third-order valence-electron chi connectivity index (χ3n) is 16.6. The quantitative estimate of drug-likeness (QED) is 0.101. The molecule has 0 fully saturated rings. The Morgan fingerprint density at radius 1 is 0.250 bits per heavy atom. The molecule has 0 atom stereocenters. The van der Waals surface area contributed by atoms with Crippen LogP contribution in [0, 0.1) is 0 Å². The molecule has 0 spiro atoms. The lowest BCUT2D eigenvalue weighted by molar-refractivity contribution is 1.16. The first-order chi connectivity index (χ1) is 37.7. The summed E-state index contributed by atoms with van der Waals surface area (Å²) in [7, 11) is -5.35. The van der Waals surface area contributed by atoms with Crippen LogP contribution in [0.3, 0.4) is 0 Å². The molecule has 4 heteroatoms. The molecule has 14 aromatic rings. The first kappa shape index (κ1) is 44.2. The molecule has 2 nitrogen and oxygen atoms in total. The topological polar surface area (TPSA) is 9.86 Å². The molecule has 15 rings (SSSR count). The van der Waals surface area contributed by atoms with Crippen molar-refractivity contribution in [2.45, 2.75) is 0 Å². The summed E-state index contributed by atoms with van der Waals surface area (Å²) in [6.07, 6.45) is 0. The third-order valence-corrected chi connectivity index (χ3v) is 26.2. The van der Waals surface area contributed by atoms with Gasteiger partial charge in [0.15, 0.2) is 16.1 Å². The molecule has 12 aromatic carbocycles. The van der Waals surface area contributed by atoms with E-state index < -0.39 is 16.1 Å². The summed E-state index contributed by atoms with van der Waals surface area (Å²) in [6.45, 7) is 0. The minimum atomic E-state index is -2.70. The number of benzene rings is 12. The van der Waals surface area contributed by atoms with Gasteiger partial charge in [0.05, 0.1) is 22.1 Å². The zero-order valence-corrected chi connectivity index (χ0v) is 43.8. The molecule has 356 valence electrons. The number of nitrogens with zero attached hydrogens (tertiary/aromatic N) is 2. The van der Waals surface area contributed by atoms with Gasteiger partial charge in [0.2, 0.25) is 0 Å². The van der Waals surface area contributed by atoms with E-state index in [0.29, 0.717) is 0 Å². The lowest BCUT2D eigenvalue weighted by Gasteiger charge is -2.34. The zero-order valence-electron chi connectivity index (χ0n) is 41.8. The normalized spacial score (nSPS) is 12.8. The second kappa shape index (κ2) is 17.7. The standard InChI is InChI=1S/C72H50N2Si2/c1-6-22-55(23-7-1)75(56-24-8-2-9-25-56,57-26-10-3-11-27-57)60-43-40-53(41-44-60)73-67-35-19-16-32-61(67)63-46-42-54(50-70(63)73)74-68-36-20-17-33-62(68)66-48-51(39-47-69(66)74)52-38-45-65-64-34-18-21-37-71(64)76(72(65)49-52,58-28-12-4-13-29-58)59-30-14-5-15-31-59/h1-50H. The van der Waals surface area contributed by atoms with E-state index in [2.05, 4.69) is 312 Å². The van der Waals surface area contributed by atoms with Crippen LogP contribution in [0.25, 0.3) is 77.2 Å². The van der Waals surface area contributed by atoms with Crippen LogP contribution in [0.1, 0.15) is 0 Å². The number of hydrogen-bond acceptors (Lipinski definition) is 0. The van der Waals surface area contributed by atoms with E-state index in [9.17, 15) is 0 Å². The highest BCUT2D eigenvalue weighted by Gasteiger charge is 2.48. The maximum atomic E-state index is 2.54. The molecule has 1 aliphatic heterocycles. The molecule has 0 saturated heterocycles. The fourth-order valence-corrected chi connectivity index (χ4v) is 23.3. The van der Waals surface area contributed by atoms with E-state index >= 15 is 0 Å². The maximum Gasteiger partial charge on any atom is 0.180 e. The molecular formula is C72H50N2Si2. The monoisotopic (exact) mass is 998 g/mol. The lowest BCUT2D eigenvalue weighted by Crippen LogP contribution is -2.74. The van der Waals surface area contributed by atoms with Crippen LogP contribution < -0.4 is 41.5 Å². The Kier molecular flexibility index (Phi) is 10.3. The van der Waals surface area contributed by atoms with Crippen LogP contribution in [0.2, 0.25) is 0 Å². The fourth-order valence-electron chi connectivity index (χ4n) is 13.4. The molecule has 0 N–H and O–H groups in total. The molecule has 0 aliphatic carbocycles. The predicted octanol–water partition coefficient (Wildman–Crippen LogP) is 12.3. The summed E-state index contributed by atoms with van der Waals surface area (Å²) in [5, 5.41) is 16.2. The fraction of sp³-hybridized carbons (Fsp3) is 0. The Morgan fingerprint density at radius 3 is 1.28 bits per heavy atom. The van der Waals surface area contributed by atoms with Gasteiger partial charge in [0.1, 0.15) is 0 Å². The van der Waals surface area contributed by atoms with Gasteiger partial charge in [-0.2, -0.15) is 0 Å². The number of hydrogen-bond donors (Lipinski definition) is 0. The van der Waals surface area contributed by atoms with Crippen molar-refractivity contribution in [3.63, 3.8) is 0 Å². The van der Waals surface area contributed by atoms with E-state index in [1.165, 1.54) is 107 Å². The average molecular weight is 999 g/mol. The van der Waals surface area contributed by atoms with Crippen molar-refractivity contribution >= 4 is 101 Å². The molecule has 3 heterocycles. The Bertz CT molecular complexity index is 4350. The van der Waals surface area contributed by atoms with Crippen LogP contribution in [0.5, 0.6) is 0 Å². The molecule has 0 unspecified atom stereocenters. The van der Waals surface area contributed by atoms with E-state index in [1.807, 2.05) is 0 Å². The van der Waals surface area contributed by atoms with Gasteiger partial charge in [-0.05, 0) is 112 Å². The minimum absolute atomic E-state index is 1.13. The Labute approximate surface area is 444 Å². The Hall–Kier alpha value is -9.33. The first-order valence-corrected chi connectivity index (χ1v) is 30.4. The van der Waals surface area contributed by atoms with Crippen molar-refractivity contribution in [2.75, 3.05) is 0 Å². The van der Waals surface area contributed by atoms with Crippen LogP contribution in [0.4, 0.5) is 0 Å². The Morgan fingerprint density at radius 2 is 0.671 bits per heavy atom. The van der Waals surface area contributed by atoms with E-state index in [0.717, 1.165) is 11.4 Å².